The Bertz CT molecular complexity index is 527. The van der Waals surface area contributed by atoms with Gasteiger partial charge in [-0.2, -0.15) is 0 Å². The maximum absolute atomic E-state index is 6.02. The quantitative estimate of drug-likeness (QED) is 0.718. The number of hydrogen-bond donors (Lipinski definition) is 1. The Morgan fingerprint density at radius 1 is 0.765 bits per heavy atom. The van der Waals surface area contributed by atoms with Crippen LogP contribution in [-0.4, -0.2) is 0 Å². The maximum Gasteiger partial charge on any atom is 0.0431 e. The first kappa shape index (κ1) is 10.9. The highest BCUT2D eigenvalue weighted by atomic mass is 35.5. The fourth-order valence-electron chi connectivity index (χ4n) is 2.18. The van der Waals surface area contributed by atoms with Crippen LogP contribution < -0.4 is 5.32 Å². The molecule has 17 heavy (non-hydrogen) atoms. The van der Waals surface area contributed by atoms with Crippen LogP contribution in [0.5, 0.6) is 0 Å². The van der Waals surface area contributed by atoms with Gasteiger partial charge in [0.1, 0.15) is 0 Å². The summed E-state index contributed by atoms with van der Waals surface area (Å²) in [5.41, 5.74) is 4.75. The van der Waals surface area contributed by atoms with Gasteiger partial charge < -0.3 is 5.32 Å². The lowest BCUT2D eigenvalue weighted by molar-refractivity contribution is 0.977. The summed E-state index contributed by atoms with van der Waals surface area (Å²) in [7, 11) is 0. The van der Waals surface area contributed by atoms with Gasteiger partial charge in [0.2, 0.25) is 0 Å². The second-order valence-electron chi connectivity index (χ2n) is 4.23. The smallest absolute Gasteiger partial charge is 0.0431 e. The normalized spacial score (nSPS) is 13.3. The largest absolute Gasteiger partial charge is 0.355 e. The number of benzene rings is 2. The fraction of sp³-hybridized carbons (Fsp3) is 0.143. The first-order valence-corrected chi connectivity index (χ1v) is 6.32. The average Bonchev–Trinajstić information content (AvgIpc) is 2.46. The van der Waals surface area contributed by atoms with Crippen LogP contribution in [0.25, 0.3) is 0 Å². The predicted molar refractivity (Wildman–Crippen MR) is 73.6 cm³/mol. The summed E-state index contributed by atoms with van der Waals surface area (Å²) >= 11 is 12.0. The molecule has 1 aliphatic heterocycles. The van der Waals surface area contributed by atoms with E-state index in [9.17, 15) is 0 Å². The summed E-state index contributed by atoms with van der Waals surface area (Å²) in [5.74, 6) is 0. The standard InChI is InChI=1S/C14H11Cl2N/c15-11-5-3-9-1-2-10-4-6-12(16)8-14(10)17-13(9)7-11/h3-8,17H,1-2H2. The number of aryl methyl sites for hydroxylation is 2. The van der Waals surface area contributed by atoms with Crippen LogP contribution in [0.1, 0.15) is 11.1 Å². The molecular formula is C14H11Cl2N. The Morgan fingerprint density at radius 3 is 1.71 bits per heavy atom. The first-order chi connectivity index (χ1) is 8.22. The number of anilines is 2. The van der Waals surface area contributed by atoms with Gasteiger partial charge in [-0.1, -0.05) is 35.3 Å². The van der Waals surface area contributed by atoms with Crippen LogP contribution in [0.3, 0.4) is 0 Å². The Balaban J connectivity index is 2.10. The molecule has 0 amide bonds. The monoisotopic (exact) mass is 263 g/mol. The number of rotatable bonds is 0. The summed E-state index contributed by atoms with van der Waals surface area (Å²) < 4.78 is 0. The van der Waals surface area contributed by atoms with Crippen molar-refractivity contribution in [3.63, 3.8) is 0 Å². The molecule has 0 spiro atoms. The van der Waals surface area contributed by atoms with Crippen LogP contribution in [0.4, 0.5) is 11.4 Å². The Kier molecular flexibility index (Phi) is 2.73. The molecule has 0 unspecified atom stereocenters. The van der Waals surface area contributed by atoms with Gasteiger partial charge in [0, 0.05) is 21.4 Å². The van der Waals surface area contributed by atoms with Gasteiger partial charge in [-0.15, -0.1) is 0 Å². The van der Waals surface area contributed by atoms with E-state index >= 15 is 0 Å². The topological polar surface area (TPSA) is 12.0 Å². The first-order valence-electron chi connectivity index (χ1n) is 5.56. The fourth-order valence-corrected chi connectivity index (χ4v) is 2.52. The van der Waals surface area contributed by atoms with E-state index in [1.54, 1.807) is 0 Å². The van der Waals surface area contributed by atoms with Crippen molar-refractivity contribution < 1.29 is 0 Å². The van der Waals surface area contributed by atoms with Crippen molar-refractivity contribution >= 4 is 34.6 Å². The molecule has 1 aliphatic rings. The molecule has 0 fully saturated rings. The van der Waals surface area contributed by atoms with E-state index in [1.807, 2.05) is 24.3 Å². The lowest BCUT2D eigenvalue weighted by Crippen LogP contribution is -1.93. The van der Waals surface area contributed by atoms with E-state index in [-0.39, 0.29) is 0 Å². The molecule has 0 aromatic heterocycles. The minimum Gasteiger partial charge on any atom is -0.355 e. The zero-order chi connectivity index (χ0) is 11.8. The highest BCUT2D eigenvalue weighted by molar-refractivity contribution is 6.31. The van der Waals surface area contributed by atoms with Gasteiger partial charge >= 0.3 is 0 Å². The molecule has 86 valence electrons. The molecule has 2 aromatic carbocycles. The highest BCUT2D eigenvalue weighted by Gasteiger charge is 2.12. The molecule has 0 saturated heterocycles. The summed E-state index contributed by atoms with van der Waals surface area (Å²) in [5, 5.41) is 4.92. The number of halogens is 2. The summed E-state index contributed by atoms with van der Waals surface area (Å²) in [6, 6.07) is 12.0. The lowest BCUT2D eigenvalue weighted by atomic mass is 10.0. The van der Waals surface area contributed by atoms with Crippen LogP contribution in [-0.2, 0) is 12.8 Å². The van der Waals surface area contributed by atoms with Crippen LogP contribution >= 0.6 is 23.2 Å². The summed E-state index contributed by atoms with van der Waals surface area (Å²) in [6.07, 6.45) is 2.04. The van der Waals surface area contributed by atoms with Crippen molar-refractivity contribution in [1.82, 2.24) is 0 Å². The Hall–Kier alpha value is -1.18. The average molecular weight is 264 g/mol. The van der Waals surface area contributed by atoms with Crippen molar-refractivity contribution in [3.8, 4) is 0 Å². The molecule has 0 radical (unpaired) electrons. The van der Waals surface area contributed by atoms with Crippen molar-refractivity contribution in [2.24, 2.45) is 0 Å². The molecule has 0 saturated carbocycles. The number of nitrogens with one attached hydrogen (secondary N) is 1. The molecule has 1 nitrogen and oxygen atoms in total. The van der Waals surface area contributed by atoms with E-state index in [0.717, 1.165) is 34.3 Å². The van der Waals surface area contributed by atoms with E-state index in [1.165, 1.54) is 11.1 Å². The molecule has 3 heteroatoms. The van der Waals surface area contributed by atoms with Crippen molar-refractivity contribution in [3.05, 3.63) is 57.6 Å². The molecule has 1 heterocycles. The van der Waals surface area contributed by atoms with Crippen LogP contribution in [0.2, 0.25) is 10.0 Å². The maximum atomic E-state index is 6.02. The van der Waals surface area contributed by atoms with E-state index < -0.39 is 0 Å². The van der Waals surface area contributed by atoms with Crippen molar-refractivity contribution in [2.45, 2.75) is 12.8 Å². The summed E-state index contributed by atoms with van der Waals surface area (Å²) in [6.45, 7) is 0. The predicted octanol–water partition coefficient (Wildman–Crippen LogP) is 4.84. The molecule has 1 N–H and O–H groups in total. The zero-order valence-electron chi connectivity index (χ0n) is 9.13. The number of fused-ring (bicyclic) bond motifs is 2. The van der Waals surface area contributed by atoms with Crippen molar-refractivity contribution in [2.75, 3.05) is 5.32 Å². The Labute approximate surface area is 110 Å². The van der Waals surface area contributed by atoms with Crippen molar-refractivity contribution in [1.29, 1.82) is 0 Å². The molecule has 2 aromatic rings. The second-order valence-corrected chi connectivity index (χ2v) is 5.10. The third kappa shape index (κ3) is 2.13. The molecular weight excluding hydrogens is 253 g/mol. The van der Waals surface area contributed by atoms with Crippen LogP contribution in [0, 0.1) is 0 Å². The molecule has 0 aliphatic carbocycles. The van der Waals surface area contributed by atoms with Gasteiger partial charge in [0.05, 0.1) is 0 Å². The Morgan fingerprint density at radius 2 is 1.24 bits per heavy atom. The minimum absolute atomic E-state index is 0.752. The highest BCUT2D eigenvalue weighted by Crippen LogP contribution is 2.33. The molecule has 3 rings (SSSR count). The third-order valence-corrected chi connectivity index (χ3v) is 3.55. The third-order valence-electron chi connectivity index (χ3n) is 3.08. The zero-order valence-corrected chi connectivity index (χ0v) is 10.6. The molecule has 0 atom stereocenters. The van der Waals surface area contributed by atoms with Gasteiger partial charge in [0.15, 0.2) is 0 Å². The number of hydrogen-bond acceptors (Lipinski definition) is 1. The SMILES string of the molecule is Clc1ccc2c(c1)Nc1cc(Cl)ccc1CC2. The van der Waals surface area contributed by atoms with Gasteiger partial charge in [-0.25, -0.2) is 0 Å². The minimum atomic E-state index is 0.752. The van der Waals surface area contributed by atoms with Crippen LogP contribution in [0.15, 0.2) is 36.4 Å². The van der Waals surface area contributed by atoms with Gasteiger partial charge in [-0.05, 0) is 48.2 Å². The molecule has 0 bridgehead atoms. The van der Waals surface area contributed by atoms with E-state index in [4.69, 9.17) is 23.2 Å². The lowest BCUT2D eigenvalue weighted by Gasteiger charge is -2.10. The van der Waals surface area contributed by atoms with E-state index in [0.29, 0.717) is 0 Å². The van der Waals surface area contributed by atoms with E-state index in [2.05, 4.69) is 17.4 Å². The summed E-state index contributed by atoms with van der Waals surface area (Å²) in [4.78, 5) is 0. The second kappa shape index (κ2) is 4.25. The van der Waals surface area contributed by atoms with Gasteiger partial charge in [0.25, 0.3) is 0 Å². The van der Waals surface area contributed by atoms with Gasteiger partial charge in [-0.3, -0.25) is 0 Å².